The maximum Gasteiger partial charge on any atom is 0.271 e. The first-order valence-electron chi connectivity index (χ1n) is 6.56. The lowest BCUT2D eigenvalue weighted by Crippen LogP contribution is -2.34. The van der Waals surface area contributed by atoms with Crippen molar-refractivity contribution in [3.05, 3.63) is 59.9 Å². The Morgan fingerprint density at radius 1 is 1.33 bits per heavy atom. The summed E-state index contributed by atoms with van der Waals surface area (Å²) < 4.78 is 12.8. The first kappa shape index (κ1) is 15.1. The Morgan fingerprint density at radius 2 is 2.05 bits per heavy atom. The van der Waals surface area contributed by atoms with E-state index in [0.717, 1.165) is 0 Å². The van der Waals surface area contributed by atoms with Crippen molar-refractivity contribution in [2.75, 3.05) is 0 Å². The van der Waals surface area contributed by atoms with Crippen molar-refractivity contribution in [1.82, 2.24) is 15.3 Å². The minimum atomic E-state index is -0.775. The molecule has 0 saturated heterocycles. The van der Waals surface area contributed by atoms with Crippen molar-refractivity contribution in [3.63, 3.8) is 0 Å². The molecule has 2 N–H and O–H groups in total. The number of aliphatic hydroxyl groups excluding tert-OH is 1. The van der Waals surface area contributed by atoms with Gasteiger partial charge in [-0.1, -0.05) is 12.1 Å². The van der Waals surface area contributed by atoms with E-state index in [1.165, 1.54) is 42.9 Å². The second kappa shape index (κ2) is 6.90. The summed E-state index contributed by atoms with van der Waals surface area (Å²) >= 11 is 0. The molecule has 1 aromatic carbocycles. The van der Waals surface area contributed by atoms with E-state index in [2.05, 4.69) is 15.3 Å². The van der Waals surface area contributed by atoms with Crippen LogP contribution in [0.2, 0.25) is 0 Å². The average Bonchev–Trinajstić information content (AvgIpc) is 2.48. The third kappa shape index (κ3) is 4.32. The average molecular weight is 289 g/mol. The van der Waals surface area contributed by atoms with Crippen molar-refractivity contribution in [2.45, 2.75) is 25.5 Å². The summed E-state index contributed by atoms with van der Waals surface area (Å²) in [5, 5.41) is 12.8. The molecule has 6 heteroatoms. The monoisotopic (exact) mass is 289 g/mol. The number of rotatable bonds is 5. The lowest BCUT2D eigenvalue weighted by Gasteiger charge is -2.18. The van der Waals surface area contributed by atoms with Gasteiger partial charge in [-0.15, -0.1) is 0 Å². The van der Waals surface area contributed by atoms with Gasteiger partial charge in [0.05, 0.1) is 12.3 Å². The Bertz CT molecular complexity index is 590. The second-order valence-electron chi connectivity index (χ2n) is 4.77. The van der Waals surface area contributed by atoms with Crippen molar-refractivity contribution < 1.29 is 14.3 Å². The summed E-state index contributed by atoms with van der Waals surface area (Å²) in [6.07, 6.45) is 3.84. The van der Waals surface area contributed by atoms with Crippen LogP contribution in [0, 0.1) is 5.82 Å². The molecule has 110 valence electrons. The van der Waals surface area contributed by atoms with Gasteiger partial charge < -0.3 is 10.4 Å². The Labute approximate surface area is 121 Å². The molecule has 2 unspecified atom stereocenters. The lowest BCUT2D eigenvalue weighted by molar-refractivity contribution is 0.0911. The van der Waals surface area contributed by atoms with E-state index in [9.17, 15) is 14.3 Å². The zero-order valence-electron chi connectivity index (χ0n) is 11.5. The van der Waals surface area contributed by atoms with Crippen LogP contribution in [0.4, 0.5) is 4.39 Å². The largest absolute Gasteiger partial charge is 0.388 e. The Balaban J connectivity index is 1.91. The van der Waals surface area contributed by atoms with Crippen LogP contribution < -0.4 is 5.32 Å². The van der Waals surface area contributed by atoms with Crippen molar-refractivity contribution in [1.29, 1.82) is 0 Å². The second-order valence-corrected chi connectivity index (χ2v) is 4.77. The molecule has 0 radical (unpaired) electrons. The van der Waals surface area contributed by atoms with Gasteiger partial charge in [0.2, 0.25) is 0 Å². The molecule has 0 aliphatic heterocycles. The standard InChI is InChI=1S/C15H16FN3O2/c1-10(19-15(21)13-9-17-6-7-18-13)8-14(20)11-2-4-12(16)5-3-11/h2-7,9-10,14,20H,8H2,1H3,(H,19,21). The van der Waals surface area contributed by atoms with Crippen LogP contribution in [0.25, 0.3) is 0 Å². The summed E-state index contributed by atoms with van der Waals surface area (Å²) in [4.78, 5) is 19.6. The van der Waals surface area contributed by atoms with Gasteiger partial charge in [-0.25, -0.2) is 9.37 Å². The van der Waals surface area contributed by atoms with Gasteiger partial charge in [-0.3, -0.25) is 9.78 Å². The van der Waals surface area contributed by atoms with Crippen molar-refractivity contribution in [3.8, 4) is 0 Å². The fraction of sp³-hybridized carbons (Fsp3) is 0.267. The summed E-state index contributed by atoms with van der Waals surface area (Å²) in [6.45, 7) is 1.78. The fourth-order valence-electron chi connectivity index (χ4n) is 1.93. The van der Waals surface area contributed by atoms with Gasteiger partial charge in [-0.05, 0) is 31.0 Å². The number of amides is 1. The first-order valence-corrected chi connectivity index (χ1v) is 6.56. The highest BCUT2D eigenvalue weighted by atomic mass is 19.1. The van der Waals surface area contributed by atoms with Crippen LogP contribution in [-0.4, -0.2) is 27.0 Å². The molecule has 0 saturated carbocycles. The summed E-state index contributed by atoms with van der Waals surface area (Å²) in [5.41, 5.74) is 0.831. The van der Waals surface area contributed by atoms with E-state index in [1.54, 1.807) is 6.92 Å². The number of aromatic nitrogens is 2. The highest BCUT2D eigenvalue weighted by Crippen LogP contribution is 2.18. The van der Waals surface area contributed by atoms with E-state index in [4.69, 9.17) is 0 Å². The summed E-state index contributed by atoms with van der Waals surface area (Å²) in [6, 6.07) is 5.37. The van der Waals surface area contributed by atoms with Gasteiger partial charge in [-0.2, -0.15) is 0 Å². The van der Waals surface area contributed by atoms with Crippen LogP contribution in [0.15, 0.2) is 42.9 Å². The SMILES string of the molecule is CC(CC(O)c1ccc(F)cc1)NC(=O)c1cnccn1. The molecule has 1 amide bonds. The van der Waals surface area contributed by atoms with E-state index in [0.29, 0.717) is 12.0 Å². The number of nitrogens with one attached hydrogen (secondary N) is 1. The van der Waals surface area contributed by atoms with Gasteiger partial charge in [0, 0.05) is 18.4 Å². The lowest BCUT2D eigenvalue weighted by atomic mass is 10.0. The maximum absolute atomic E-state index is 12.8. The quantitative estimate of drug-likeness (QED) is 0.881. The highest BCUT2D eigenvalue weighted by Gasteiger charge is 2.16. The van der Waals surface area contributed by atoms with E-state index in [1.807, 2.05) is 0 Å². The Hall–Kier alpha value is -2.34. The summed E-state index contributed by atoms with van der Waals surface area (Å²) in [7, 11) is 0. The Kier molecular flexibility index (Phi) is 4.94. The minimum Gasteiger partial charge on any atom is -0.388 e. The van der Waals surface area contributed by atoms with Crippen LogP contribution in [0.1, 0.15) is 35.5 Å². The predicted molar refractivity (Wildman–Crippen MR) is 74.9 cm³/mol. The predicted octanol–water partition coefficient (Wildman–Crippen LogP) is 1.86. The molecule has 1 heterocycles. The zero-order chi connectivity index (χ0) is 15.2. The van der Waals surface area contributed by atoms with Crippen molar-refractivity contribution in [2.24, 2.45) is 0 Å². The number of halogens is 1. The molecule has 0 fully saturated rings. The Morgan fingerprint density at radius 3 is 2.67 bits per heavy atom. The smallest absolute Gasteiger partial charge is 0.271 e. The molecule has 0 spiro atoms. The molecule has 0 bridgehead atoms. The highest BCUT2D eigenvalue weighted by molar-refractivity contribution is 5.92. The van der Waals surface area contributed by atoms with E-state index < -0.39 is 6.10 Å². The number of hydrogen-bond acceptors (Lipinski definition) is 4. The van der Waals surface area contributed by atoms with E-state index in [-0.39, 0.29) is 23.5 Å². The normalized spacial score (nSPS) is 13.5. The minimum absolute atomic E-state index is 0.223. The van der Waals surface area contributed by atoms with Crippen LogP contribution in [0.5, 0.6) is 0 Å². The van der Waals surface area contributed by atoms with Gasteiger partial charge in [0.15, 0.2) is 0 Å². The number of carbonyl (C=O) groups is 1. The molecule has 0 aliphatic rings. The number of carbonyl (C=O) groups excluding carboxylic acids is 1. The molecule has 2 atom stereocenters. The van der Waals surface area contributed by atoms with Crippen LogP contribution >= 0.6 is 0 Å². The number of benzene rings is 1. The fourth-order valence-corrected chi connectivity index (χ4v) is 1.93. The van der Waals surface area contributed by atoms with Gasteiger partial charge in [0.1, 0.15) is 11.5 Å². The molecule has 2 rings (SSSR count). The van der Waals surface area contributed by atoms with Crippen LogP contribution in [-0.2, 0) is 0 Å². The molecule has 1 aromatic heterocycles. The van der Waals surface area contributed by atoms with Crippen LogP contribution in [0.3, 0.4) is 0 Å². The first-order chi connectivity index (χ1) is 10.1. The van der Waals surface area contributed by atoms with Gasteiger partial charge >= 0.3 is 0 Å². The molecule has 2 aromatic rings. The third-order valence-corrected chi connectivity index (χ3v) is 3.00. The maximum atomic E-state index is 12.8. The molecule has 0 aliphatic carbocycles. The van der Waals surface area contributed by atoms with Gasteiger partial charge in [0.25, 0.3) is 5.91 Å². The summed E-state index contributed by atoms with van der Waals surface area (Å²) in [5.74, 6) is -0.697. The van der Waals surface area contributed by atoms with E-state index >= 15 is 0 Å². The number of nitrogens with zero attached hydrogens (tertiary/aromatic N) is 2. The molecule has 5 nitrogen and oxygen atoms in total. The topological polar surface area (TPSA) is 75.1 Å². The number of aliphatic hydroxyl groups is 1. The molecular weight excluding hydrogens is 273 g/mol. The van der Waals surface area contributed by atoms with Crippen molar-refractivity contribution >= 4 is 5.91 Å². The number of hydrogen-bond donors (Lipinski definition) is 2. The molecular formula is C15H16FN3O2. The third-order valence-electron chi connectivity index (χ3n) is 3.00. The molecule has 21 heavy (non-hydrogen) atoms. The zero-order valence-corrected chi connectivity index (χ0v) is 11.5.